The molecule has 0 aliphatic carbocycles. The van der Waals surface area contributed by atoms with E-state index in [0.717, 1.165) is 13.0 Å². The van der Waals surface area contributed by atoms with Crippen LogP contribution in [0.15, 0.2) is 12.2 Å². The first kappa shape index (κ1) is 17.2. The van der Waals surface area contributed by atoms with E-state index in [1.165, 1.54) is 32.1 Å². The Hall–Kier alpha value is -0.830. The summed E-state index contributed by atoms with van der Waals surface area (Å²) in [7, 11) is 3.97. The summed E-state index contributed by atoms with van der Waals surface area (Å²) in [6.07, 6.45) is 11.0. The van der Waals surface area contributed by atoms with Crippen molar-refractivity contribution in [1.29, 1.82) is 0 Å². The fraction of sp³-hybridized carbons (Fsp3) is 0.800. The third-order valence-electron chi connectivity index (χ3n) is 2.87. The van der Waals surface area contributed by atoms with Gasteiger partial charge in [-0.2, -0.15) is 0 Å². The maximum atomic E-state index is 11.6. The van der Waals surface area contributed by atoms with Crippen LogP contribution in [0.3, 0.4) is 0 Å². The number of nitrogens with zero attached hydrogens (tertiary/aromatic N) is 1. The minimum atomic E-state index is 0.0258. The lowest BCUT2D eigenvalue weighted by Crippen LogP contribution is -2.31. The van der Waals surface area contributed by atoms with E-state index in [0.29, 0.717) is 0 Å². The van der Waals surface area contributed by atoms with Gasteiger partial charge in [-0.3, -0.25) is 4.79 Å². The van der Waals surface area contributed by atoms with Crippen LogP contribution in [-0.4, -0.2) is 37.5 Å². The van der Waals surface area contributed by atoms with Crippen molar-refractivity contribution in [3.05, 3.63) is 12.2 Å². The lowest BCUT2D eigenvalue weighted by Gasteiger charge is -2.12. The van der Waals surface area contributed by atoms with Gasteiger partial charge in [-0.15, -0.1) is 0 Å². The van der Waals surface area contributed by atoms with Crippen molar-refractivity contribution < 1.29 is 4.79 Å². The van der Waals surface area contributed by atoms with Crippen molar-refractivity contribution in [2.45, 2.75) is 58.4 Å². The second-order valence-corrected chi connectivity index (χ2v) is 5.28. The number of hydrogen-bond donors (Lipinski definition) is 1. The maximum Gasteiger partial charge on any atom is 0.243 e. The van der Waals surface area contributed by atoms with E-state index in [9.17, 15) is 4.79 Å². The largest absolute Gasteiger partial charge is 0.350 e. The zero-order valence-corrected chi connectivity index (χ0v) is 12.5. The van der Waals surface area contributed by atoms with Crippen LogP contribution in [0, 0.1) is 0 Å². The van der Waals surface area contributed by atoms with Gasteiger partial charge in [-0.25, -0.2) is 0 Å². The van der Waals surface area contributed by atoms with E-state index in [-0.39, 0.29) is 11.9 Å². The molecule has 106 valence electrons. The summed E-state index contributed by atoms with van der Waals surface area (Å²) < 4.78 is 0. The summed E-state index contributed by atoms with van der Waals surface area (Å²) in [4.78, 5) is 13.6. The first-order valence-electron chi connectivity index (χ1n) is 7.18. The molecule has 3 heteroatoms. The highest BCUT2D eigenvalue weighted by Crippen LogP contribution is 2.06. The first-order chi connectivity index (χ1) is 8.56. The van der Waals surface area contributed by atoms with Gasteiger partial charge in [0.25, 0.3) is 0 Å². The van der Waals surface area contributed by atoms with E-state index >= 15 is 0 Å². The Labute approximate surface area is 113 Å². The smallest absolute Gasteiger partial charge is 0.243 e. The molecule has 0 aliphatic heterocycles. The fourth-order valence-electron chi connectivity index (χ4n) is 1.79. The van der Waals surface area contributed by atoms with Crippen LogP contribution >= 0.6 is 0 Å². The summed E-state index contributed by atoms with van der Waals surface area (Å²) in [6, 6.07) is 0.281. The minimum absolute atomic E-state index is 0.0258. The van der Waals surface area contributed by atoms with Crippen LogP contribution < -0.4 is 5.32 Å². The Kier molecular flexibility index (Phi) is 10.8. The maximum absolute atomic E-state index is 11.6. The number of amides is 1. The number of unbranched alkanes of at least 4 members (excludes halogenated alkanes) is 4. The number of nitrogens with one attached hydrogen (secondary N) is 1. The SMILES string of the molecule is CCCCCCCC(C)NC(=O)/C=C/CN(C)C. The predicted octanol–water partition coefficient (Wildman–Crippen LogP) is 2.97. The Morgan fingerprint density at radius 1 is 1.22 bits per heavy atom. The molecule has 1 N–H and O–H groups in total. The molecule has 0 aromatic rings. The average molecular weight is 254 g/mol. The lowest BCUT2D eigenvalue weighted by molar-refractivity contribution is -0.117. The van der Waals surface area contributed by atoms with Gasteiger partial charge < -0.3 is 10.2 Å². The number of carbonyl (C=O) groups excluding carboxylic acids is 1. The molecule has 0 aromatic heterocycles. The minimum Gasteiger partial charge on any atom is -0.350 e. The van der Waals surface area contributed by atoms with Crippen molar-refractivity contribution in [3.63, 3.8) is 0 Å². The van der Waals surface area contributed by atoms with E-state index in [1.807, 2.05) is 25.1 Å². The molecule has 0 fully saturated rings. The molecule has 0 rings (SSSR count). The molecular weight excluding hydrogens is 224 g/mol. The summed E-state index contributed by atoms with van der Waals surface area (Å²) in [5.41, 5.74) is 0. The van der Waals surface area contributed by atoms with Gasteiger partial charge in [-0.05, 0) is 27.4 Å². The van der Waals surface area contributed by atoms with Gasteiger partial charge in [0.05, 0.1) is 0 Å². The average Bonchev–Trinajstić information content (AvgIpc) is 2.28. The second-order valence-electron chi connectivity index (χ2n) is 5.28. The summed E-state index contributed by atoms with van der Waals surface area (Å²) in [5, 5.41) is 3.00. The molecule has 3 nitrogen and oxygen atoms in total. The molecule has 0 heterocycles. The van der Waals surface area contributed by atoms with Gasteiger partial charge in [0, 0.05) is 18.7 Å². The third kappa shape index (κ3) is 11.6. The van der Waals surface area contributed by atoms with Crippen LogP contribution in [-0.2, 0) is 4.79 Å². The van der Waals surface area contributed by atoms with Crippen molar-refractivity contribution in [2.24, 2.45) is 0 Å². The number of hydrogen-bond acceptors (Lipinski definition) is 2. The third-order valence-corrected chi connectivity index (χ3v) is 2.87. The van der Waals surface area contributed by atoms with Crippen LogP contribution in [0.2, 0.25) is 0 Å². The number of rotatable bonds is 10. The first-order valence-corrected chi connectivity index (χ1v) is 7.18. The van der Waals surface area contributed by atoms with Gasteiger partial charge >= 0.3 is 0 Å². The molecule has 0 radical (unpaired) electrons. The highest BCUT2D eigenvalue weighted by Gasteiger charge is 2.03. The van der Waals surface area contributed by atoms with E-state index in [1.54, 1.807) is 6.08 Å². The van der Waals surface area contributed by atoms with Crippen molar-refractivity contribution in [2.75, 3.05) is 20.6 Å². The van der Waals surface area contributed by atoms with Crippen molar-refractivity contribution in [1.82, 2.24) is 10.2 Å². The molecule has 1 unspecified atom stereocenters. The molecule has 1 atom stereocenters. The summed E-state index contributed by atoms with van der Waals surface area (Å²) in [5.74, 6) is 0.0258. The Bertz CT molecular complexity index is 237. The number of likely N-dealkylation sites (N-methyl/N-ethyl adjacent to an activating group) is 1. The molecule has 18 heavy (non-hydrogen) atoms. The zero-order valence-electron chi connectivity index (χ0n) is 12.5. The van der Waals surface area contributed by atoms with Crippen LogP contribution in [0.4, 0.5) is 0 Å². The van der Waals surface area contributed by atoms with E-state index < -0.39 is 0 Å². The lowest BCUT2D eigenvalue weighted by atomic mass is 10.1. The van der Waals surface area contributed by atoms with Gasteiger partial charge in [-0.1, -0.05) is 45.1 Å². The highest BCUT2D eigenvalue weighted by atomic mass is 16.1. The van der Waals surface area contributed by atoms with Crippen LogP contribution in [0.25, 0.3) is 0 Å². The monoisotopic (exact) mass is 254 g/mol. The molecule has 0 aromatic carbocycles. The summed E-state index contributed by atoms with van der Waals surface area (Å²) >= 11 is 0. The number of carbonyl (C=O) groups is 1. The Morgan fingerprint density at radius 2 is 1.89 bits per heavy atom. The molecule has 0 bridgehead atoms. The topological polar surface area (TPSA) is 32.3 Å². The van der Waals surface area contributed by atoms with Crippen LogP contribution in [0.5, 0.6) is 0 Å². The second kappa shape index (κ2) is 11.3. The van der Waals surface area contributed by atoms with Gasteiger partial charge in [0.1, 0.15) is 0 Å². The normalized spacial score (nSPS) is 13.2. The summed E-state index contributed by atoms with van der Waals surface area (Å²) in [6.45, 7) is 5.11. The highest BCUT2D eigenvalue weighted by molar-refractivity contribution is 5.87. The quantitative estimate of drug-likeness (QED) is 0.480. The fourth-order valence-corrected chi connectivity index (χ4v) is 1.79. The standard InChI is InChI=1S/C15H30N2O/c1-5-6-7-8-9-11-14(2)16-15(18)12-10-13-17(3)4/h10,12,14H,5-9,11,13H2,1-4H3,(H,16,18)/b12-10+. The molecule has 0 spiro atoms. The van der Waals surface area contributed by atoms with Crippen LogP contribution in [0.1, 0.15) is 52.4 Å². The Morgan fingerprint density at radius 3 is 2.50 bits per heavy atom. The molecule has 0 aliphatic rings. The van der Waals surface area contributed by atoms with Crippen molar-refractivity contribution in [3.8, 4) is 0 Å². The molecule has 0 saturated heterocycles. The van der Waals surface area contributed by atoms with E-state index in [4.69, 9.17) is 0 Å². The predicted molar refractivity (Wildman–Crippen MR) is 78.7 cm³/mol. The van der Waals surface area contributed by atoms with Gasteiger partial charge in [0.15, 0.2) is 0 Å². The van der Waals surface area contributed by atoms with Gasteiger partial charge in [0.2, 0.25) is 5.91 Å². The Balaban J connectivity index is 3.58. The van der Waals surface area contributed by atoms with E-state index in [2.05, 4.69) is 19.2 Å². The molecule has 1 amide bonds. The molecular formula is C15H30N2O. The van der Waals surface area contributed by atoms with Crippen molar-refractivity contribution >= 4 is 5.91 Å². The molecule has 0 saturated carbocycles. The zero-order chi connectivity index (χ0) is 13.8.